The van der Waals surface area contributed by atoms with Crippen LogP contribution in [0.2, 0.25) is 0 Å². The Balaban J connectivity index is 1.75. The number of carboxylic acid groups (broad SMARTS) is 1. The van der Waals surface area contributed by atoms with Crippen molar-refractivity contribution in [2.45, 2.75) is 43.0 Å². The lowest BCUT2D eigenvalue weighted by Crippen LogP contribution is -2.33. The molecule has 0 radical (unpaired) electrons. The molecule has 4 nitrogen and oxygen atoms in total. The summed E-state index contributed by atoms with van der Waals surface area (Å²) in [7, 11) is 0. The lowest BCUT2D eigenvalue weighted by molar-refractivity contribution is -0.136. The number of rotatable bonds is 6. The summed E-state index contributed by atoms with van der Waals surface area (Å²) in [5.74, 6) is -0.340. The summed E-state index contributed by atoms with van der Waals surface area (Å²) >= 11 is 1.48. The van der Waals surface area contributed by atoms with E-state index in [0.717, 1.165) is 23.3 Å². The molecule has 20 heavy (non-hydrogen) atoms. The standard InChI is InChI=1S/C15H19NO3S/c17-14(16-12-3-1-2-4-12)10-20-13-7-5-11(6-8-13)9-15(18)19/h5-8,12H,1-4,9-10H2,(H,16,17)(H,18,19). The smallest absolute Gasteiger partial charge is 0.307 e. The Hall–Kier alpha value is -1.49. The molecule has 108 valence electrons. The van der Waals surface area contributed by atoms with E-state index in [1.165, 1.54) is 24.6 Å². The molecule has 1 aromatic carbocycles. The van der Waals surface area contributed by atoms with Gasteiger partial charge in [0, 0.05) is 10.9 Å². The monoisotopic (exact) mass is 293 g/mol. The zero-order chi connectivity index (χ0) is 14.4. The molecule has 1 saturated carbocycles. The van der Waals surface area contributed by atoms with Crippen molar-refractivity contribution < 1.29 is 14.7 Å². The Morgan fingerprint density at radius 1 is 1.20 bits per heavy atom. The first kappa shape index (κ1) is 14.9. The Kier molecular flexibility index (Phi) is 5.47. The van der Waals surface area contributed by atoms with Crippen molar-refractivity contribution in [3.05, 3.63) is 29.8 Å². The first-order chi connectivity index (χ1) is 9.63. The molecule has 1 amide bonds. The Bertz CT molecular complexity index is 467. The number of carbonyl (C=O) groups excluding carboxylic acids is 1. The highest BCUT2D eigenvalue weighted by atomic mass is 32.2. The third kappa shape index (κ3) is 4.89. The highest BCUT2D eigenvalue weighted by Crippen LogP contribution is 2.20. The van der Waals surface area contributed by atoms with Crippen molar-refractivity contribution in [1.29, 1.82) is 0 Å². The summed E-state index contributed by atoms with van der Waals surface area (Å²) in [6.45, 7) is 0. The highest BCUT2D eigenvalue weighted by molar-refractivity contribution is 8.00. The van der Waals surface area contributed by atoms with Crippen molar-refractivity contribution in [3.63, 3.8) is 0 Å². The van der Waals surface area contributed by atoms with Gasteiger partial charge in [-0.3, -0.25) is 9.59 Å². The van der Waals surface area contributed by atoms with Crippen LogP contribution in [-0.4, -0.2) is 28.8 Å². The molecule has 1 aliphatic rings. The first-order valence-corrected chi connectivity index (χ1v) is 7.85. The van der Waals surface area contributed by atoms with E-state index < -0.39 is 5.97 Å². The number of thioether (sulfide) groups is 1. The SMILES string of the molecule is O=C(O)Cc1ccc(SCC(=O)NC2CCCC2)cc1. The van der Waals surface area contributed by atoms with E-state index in [-0.39, 0.29) is 12.3 Å². The predicted octanol–water partition coefficient (Wildman–Crippen LogP) is 2.46. The maximum Gasteiger partial charge on any atom is 0.307 e. The van der Waals surface area contributed by atoms with Gasteiger partial charge in [0.2, 0.25) is 5.91 Å². The van der Waals surface area contributed by atoms with Crippen LogP contribution < -0.4 is 5.32 Å². The van der Waals surface area contributed by atoms with Crippen LogP contribution >= 0.6 is 11.8 Å². The van der Waals surface area contributed by atoms with E-state index in [0.29, 0.717) is 11.8 Å². The van der Waals surface area contributed by atoms with Gasteiger partial charge in [-0.1, -0.05) is 25.0 Å². The van der Waals surface area contributed by atoms with Gasteiger partial charge in [0.25, 0.3) is 0 Å². The van der Waals surface area contributed by atoms with E-state index in [9.17, 15) is 9.59 Å². The maximum absolute atomic E-state index is 11.8. The molecule has 0 spiro atoms. The van der Waals surface area contributed by atoms with Crippen molar-refractivity contribution in [3.8, 4) is 0 Å². The average molecular weight is 293 g/mol. The molecule has 0 aromatic heterocycles. The molecule has 1 fully saturated rings. The molecule has 0 heterocycles. The van der Waals surface area contributed by atoms with Crippen LogP contribution in [0.3, 0.4) is 0 Å². The lowest BCUT2D eigenvalue weighted by Gasteiger charge is -2.11. The number of amides is 1. The Morgan fingerprint density at radius 3 is 2.45 bits per heavy atom. The summed E-state index contributed by atoms with van der Waals surface area (Å²) in [5.41, 5.74) is 0.775. The Labute approximate surface area is 123 Å². The number of carbonyl (C=O) groups is 2. The third-order valence-corrected chi connectivity index (χ3v) is 4.38. The van der Waals surface area contributed by atoms with Gasteiger partial charge in [0.15, 0.2) is 0 Å². The molecule has 0 aliphatic heterocycles. The molecule has 1 aromatic rings. The van der Waals surface area contributed by atoms with Gasteiger partial charge in [-0.25, -0.2) is 0 Å². The van der Waals surface area contributed by atoms with Crippen molar-refractivity contribution in [2.24, 2.45) is 0 Å². The zero-order valence-corrected chi connectivity index (χ0v) is 12.1. The molecule has 0 bridgehead atoms. The number of benzene rings is 1. The lowest BCUT2D eigenvalue weighted by atomic mass is 10.2. The van der Waals surface area contributed by atoms with Crippen LogP contribution in [-0.2, 0) is 16.0 Å². The number of hydrogen-bond donors (Lipinski definition) is 2. The third-order valence-electron chi connectivity index (χ3n) is 3.37. The van der Waals surface area contributed by atoms with Crippen LogP contribution in [0.25, 0.3) is 0 Å². The van der Waals surface area contributed by atoms with Crippen molar-refractivity contribution in [2.75, 3.05) is 5.75 Å². The molecule has 2 N–H and O–H groups in total. The van der Waals surface area contributed by atoms with Gasteiger partial charge < -0.3 is 10.4 Å². The van der Waals surface area contributed by atoms with Gasteiger partial charge >= 0.3 is 5.97 Å². The second-order valence-corrected chi connectivity index (χ2v) is 6.10. The molecular weight excluding hydrogens is 274 g/mol. The maximum atomic E-state index is 11.8. The van der Waals surface area contributed by atoms with E-state index in [4.69, 9.17) is 5.11 Å². The molecule has 1 aliphatic carbocycles. The van der Waals surface area contributed by atoms with Gasteiger partial charge in [-0.15, -0.1) is 11.8 Å². The van der Waals surface area contributed by atoms with Gasteiger partial charge in [-0.2, -0.15) is 0 Å². The topological polar surface area (TPSA) is 66.4 Å². The molecular formula is C15H19NO3S. The largest absolute Gasteiger partial charge is 0.481 e. The van der Waals surface area contributed by atoms with Crippen LogP contribution in [0.4, 0.5) is 0 Å². The van der Waals surface area contributed by atoms with Gasteiger partial charge in [0.05, 0.1) is 12.2 Å². The molecule has 0 atom stereocenters. The van der Waals surface area contributed by atoms with Crippen LogP contribution in [0, 0.1) is 0 Å². The molecule has 5 heteroatoms. The van der Waals surface area contributed by atoms with Gasteiger partial charge in [-0.05, 0) is 30.5 Å². The number of aliphatic carboxylic acids is 1. The molecule has 0 unspecified atom stereocenters. The summed E-state index contributed by atoms with van der Waals surface area (Å²) in [5, 5.41) is 11.7. The minimum absolute atomic E-state index is 0.0348. The fourth-order valence-electron chi connectivity index (χ4n) is 2.37. The fraction of sp³-hybridized carbons (Fsp3) is 0.467. The summed E-state index contributed by atoms with van der Waals surface area (Å²) < 4.78 is 0. The van der Waals surface area contributed by atoms with Crippen LogP contribution in [0.5, 0.6) is 0 Å². The van der Waals surface area contributed by atoms with E-state index >= 15 is 0 Å². The summed E-state index contributed by atoms with van der Waals surface area (Å²) in [4.78, 5) is 23.3. The summed E-state index contributed by atoms with van der Waals surface area (Å²) in [6, 6.07) is 7.69. The molecule has 2 rings (SSSR count). The van der Waals surface area contributed by atoms with Crippen molar-refractivity contribution >= 4 is 23.6 Å². The average Bonchev–Trinajstić information content (AvgIpc) is 2.90. The highest BCUT2D eigenvalue weighted by Gasteiger charge is 2.16. The second-order valence-electron chi connectivity index (χ2n) is 5.05. The minimum atomic E-state index is -0.832. The first-order valence-electron chi connectivity index (χ1n) is 6.86. The fourth-order valence-corrected chi connectivity index (χ4v) is 3.08. The number of carboxylic acids is 1. The quantitative estimate of drug-likeness (QED) is 0.791. The second kappa shape index (κ2) is 7.33. The minimum Gasteiger partial charge on any atom is -0.481 e. The van der Waals surface area contributed by atoms with E-state index in [1.807, 2.05) is 12.1 Å². The van der Waals surface area contributed by atoms with Crippen molar-refractivity contribution in [1.82, 2.24) is 5.32 Å². The Morgan fingerprint density at radius 2 is 1.85 bits per heavy atom. The van der Waals surface area contributed by atoms with Gasteiger partial charge in [0.1, 0.15) is 0 Å². The van der Waals surface area contributed by atoms with E-state index in [1.54, 1.807) is 12.1 Å². The summed E-state index contributed by atoms with van der Waals surface area (Å²) in [6.07, 6.45) is 4.65. The number of nitrogens with one attached hydrogen (secondary N) is 1. The number of hydrogen-bond acceptors (Lipinski definition) is 3. The van der Waals surface area contributed by atoms with Crippen LogP contribution in [0.1, 0.15) is 31.2 Å². The molecule has 0 saturated heterocycles. The zero-order valence-electron chi connectivity index (χ0n) is 11.3. The normalized spacial score (nSPS) is 15.2. The predicted molar refractivity (Wildman–Crippen MR) is 78.9 cm³/mol. The van der Waals surface area contributed by atoms with Crippen LogP contribution in [0.15, 0.2) is 29.2 Å². The van der Waals surface area contributed by atoms with E-state index in [2.05, 4.69) is 5.32 Å².